The molecule has 1 unspecified atom stereocenters. The second kappa shape index (κ2) is 8.80. The van der Waals surface area contributed by atoms with Crippen molar-refractivity contribution in [2.75, 3.05) is 0 Å². The molecule has 0 fully saturated rings. The molecule has 1 aromatic heterocycles. The van der Waals surface area contributed by atoms with Crippen LogP contribution in [-0.4, -0.2) is 16.6 Å². The van der Waals surface area contributed by atoms with Gasteiger partial charge in [0, 0.05) is 47.7 Å². The van der Waals surface area contributed by atoms with Crippen LogP contribution in [0.4, 0.5) is 8.78 Å². The van der Waals surface area contributed by atoms with Gasteiger partial charge in [0.2, 0.25) is 0 Å². The molecular weight excluding hydrogens is 408 g/mol. The molecule has 0 aliphatic carbocycles. The third-order valence-corrected chi connectivity index (χ3v) is 5.20. The van der Waals surface area contributed by atoms with Crippen LogP contribution in [0.25, 0.3) is 11.3 Å². The third-order valence-electron chi connectivity index (χ3n) is 4.92. The van der Waals surface area contributed by atoms with Gasteiger partial charge >= 0.3 is 0 Å². The van der Waals surface area contributed by atoms with Gasteiger partial charge in [-0.1, -0.05) is 18.5 Å². The van der Waals surface area contributed by atoms with Crippen LogP contribution in [0.1, 0.15) is 59.1 Å². The summed E-state index contributed by atoms with van der Waals surface area (Å²) in [6.07, 6.45) is 5.13. The molecule has 2 aromatic rings. The minimum Gasteiger partial charge on any atom is -0.486 e. The predicted octanol–water partition coefficient (Wildman–Crippen LogP) is 6.12. The Hall–Kier alpha value is -2.34. The van der Waals surface area contributed by atoms with Crippen LogP contribution in [0.5, 0.6) is 5.75 Å². The molecule has 0 bridgehead atoms. The second-order valence-corrected chi connectivity index (χ2v) is 8.99. The molecule has 2 N–H and O–H groups in total. The van der Waals surface area contributed by atoms with E-state index in [1.807, 2.05) is 33.9 Å². The van der Waals surface area contributed by atoms with Gasteiger partial charge in [-0.25, -0.2) is 8.78 Å². The highest BCUT2D eigenvalue weighted by Crippen LogP contribution is 2.34. The van der Waals surface area contributed by atoms with Gasteiger partial charge in [-0.2, -0.15) is 0 Å². The van der Waals surface area contributed by atoms with Crippen LogP contribution in [0.15, 0.2) is 36.3 Å². The first-order valence-corrected chi connectivity index (χ1v) is 10.5. The molecule has 0 radical (unpaired) electrons. The first-order chi connectivity index (χ1) is 14.1. The van der Waals surface area contributed by atoms with Crippen molar-refractivity contribution < 1.29 is 13.5 Å². The van der Waals surface area contributed by atoms with E-state index in [4.69, 9.17) is 16.3 Å². The minimum absolute atomic E-state index is 0.0617. The van der Waals surface area contributed by atoms with Crippen molar-refractivity contribution in [2.45, 2.75) is 65.1 Å². The third kappa shape index (κ3) is 5.22. The van der Waals surface area contributed by atoms with Crippen LogP contribution in [0.2, 0.25) is 5.02 Å². The monoisotopic (exact) mass is 435 g/mol. The molecule has 1 aliphatic rings. The van der Waals surface area contributed by atoms with E-state index in [1.165, 1.54) is 24.4 Å². The Kier molecular flexibility index (Phi) is 6.56. The number of rotatable bonds is 6. The van der Waals surface area contributed by atoms with Gasteiger partial charge in [-0.15, -0.1) is 0 Å². The van der Waals surface area contributed by atoms with E-state index in [0.717, 1.165) is 18.5 Å². The lowest BCUT2D eigenvalue weighted by molar-refractivity contribution is 0.131. The number of hydrogen-bond donors (Lipinski definition) is 2. The quantitative estimate of drug-likeness (QED) is 0.573. The number of nitrogens with one attached hydrogen (secondary N) is 2. The Labute approximate surface area is 181 Å². The summed E-state index contributed by atoms with van der Waals surface area (Å²) in [6, 6.07) is 3.94. The fourth-order valence-electron chi connectivity index (χ4n) is 3.39. The second-order valence-electron chi connectivity index (χ2n) is 8.58. The van der Waals surface area contributed by atoms with E-state index in [2.05, 4.69) is 22.5 Å². The maximum Gasteiger partial charge on any atom is 0.142 e. The molecule has 0 saturated heterocycles. The highest BCUT2D eigenvalue weighted by atomic mass is 35.5. The standard InChI is InChI=1S/C23H28ClF2N3O/c1-6-14-7-15(11-27-14)29-13(2)16-8-20(26)17(9-19(16)25)21-10-22(18(24)12-28-21)30-23(3,4)5/h8-14,27,29H,6-7H2,1-5H3/t13?,14-/m0/s1. The van der Waals surface area contributed by atoms with E-state index in [-0.39, 0.29) is 22.9 Å². The summed E-state index contributed by atoms with van der Waals surface area (Å²) in [7, 11) is 0. The predicted molar refractivity (Wildman–Crippen MR) is 116 cm³/mol. The lowest BCUT2D eigenvalue weighted by atomic mass is 10.0. The van der Waals surface area contributed by atoms with E-state index in [0.29, 0.717) is 16.8 Å². The lowest BCUT2D eigenvalue weighted by Crippen LogP contribution is -2.23. The Morgan fingerprint density at radius 1 is 1.27 bits per heavy atom. The van der Waals surface area contributed by atoms with Crippen molar-refractivity contribution in [3.05, 3.63) is 58.5 Å². The first kappa shape index (κ1) is 22.3. The van der Waals surface area contributed by atoms with Crippen LogP contribution in [-0.2, 0) is 0 Å². The summed E-state index contributed by atoms with van der Waals surface area (Å²) in [5, 5.41) is 6.85. The molecule has 0 spiro atoms. The highest BCUT2D eigenvalue weighted by Gasteiger charge is 2.21. The Bertz CT molecular complexity index is 956. The number of aromatic nitrogens is 1. The zero-order valence-corrected chi connectivity index (χ0v) is 18.7. The molecule has 30 heavy (non-hydrogen) atoms. The summed E-state index contributed by atoms with van der Waals surface area (Å²) in [5.74, 6) is -0.680. The van der Waals surface area contributed by atoms with Crippen molar-refractivity contribution in [3.8, 4) is 17.0 Å². The fraction of sp³-hybridized carbons (Fsp3) is 0.435. The topological polar surface area (TPSA) is 46.2 Å². The van der Waals surface area contributed by atoms with Crippen molar-refractivity contribution in [1.29, 1.82) is 0 Å². The van der Waals surface area contributed by atoms with Gasteiger partial charge < -0.3 is 15.4 Å². The molecule has 1 aromatic carbocycles. The summed E-state index contributed by atoms with van der Waals surface area (Å²) in [4.78, 5) is 4.16. The van der Waals surface area contributed by atoms with Crippen molar-refractivity contribution in [1.82, 2.24) is 15.6 Å². The molecule has 0 saturated carbocycles. The van der Waals surface area contributed by atoms with Crippen LogP contribution in [0, 0.1) is 11.6 Å². The lowest BCUT2D eigenvalue weighted by Gasteiger charge is -2.22. The molecule has 7 heteroatoms. The number of halogens is 3. The molecule has 2 heterocycles. The zero-order valence-electron chi connectivity index (χ0n) is 17.9. The normalized spacial score (nSPS) is 17.3. The average molecular weight is 436 g/mol. The van der Waals surface area contributed by atoms with Crippen LogP contribution in [0.3, 0.4) is 0 Å². The molecule has 3 rings (SSSR count). The Balaban J connectivity index is 1.85. The van der Waals surface area contributed by atoms with Gasteiger partial charge in [0.1, 0.15) is 28.0 Å². The SMILES string of the molecule is CC[C@H]1CC(NC(C)c2cc(F)c(-c3cc(OC(C)(C)C)c(Cl)cn3)cc2F)=CN1. The van der Waals surface area contributed by atoms with E-state index < -0.39 is 17.2 Å². The van der Waals surface area contributed by atoms with E-state index in [1.54, 1.807) is 0 Å². The first-order valence-electron chi connectivity index (χ1n) is 10.1. The molecule has 2 atom stereocenters. The maximum absolute atomic E-state index is 14.9. The van der Waals surface area contributed by atoms with Gasteiger partial charge in [-0.3, -0.25) is 4.98 Å². The Morgan fingerprint density at radius 3 is 2.63 bits per heavy atom. The number of ether oxygens (including phenoxy) is 1. The van der Waals surface area contributed by atoms with Gasteiger partial charge in [0.25, 0.3) is 0 Å². The van der Waals surface area contributed by atoms with Crippen molar-refractivity contribution in [2.24, 2.45) is 0 Å². The largest absolute Gasteiger partial charge is 0.486 e. The summed E-state index contributed by atoms with van der Waals surface area (Å²) in [5.41, 5.74) is 1.08. The molecule has 162 valence electrons. The number of benzene rings is 1. The summed E-state index contributed by atoms with van der Waals surface area (Å²) < 4.78 is 35.7. The van der Waals surface area contributed by atoms with Crippen molar-refractivity contribution >= 4 is 11.6 Å². The zero-order chi connectivity index (χ0) is 22.1. The molecule has 4 nitrogen and oxygen atoms in total. The Morgan fingerprint density at radius 2 is 2.00 bits per heavy atom. The van der Waals surface area contributed by atoms with Gasteiger partial charge in [0.15, 0.2) is 0 Å². The maximum atomic E-state index is 14.9. The number of pyridine rings is 1. The summed E-state index contributed by atoms with van der Waals surface area (Å²) in [6.45, 7) is 9.56. The van der Waals surface area contributed by atoms with E-state index in [9.17, 15) is 8.78 Å². The highest BCUT2D eigenvalue weighted by molar-refractivity contribution is 6.32. The van der Waals surface area contributed by atoms with Crippen LogP contribution < -0.4 is 15.4 Å². The summed E-state index contributed by atoms with van der Waals surface area (Å²) >= 11 is 6.16. The van der Waals surface area contributed by atoms with Crippen molar-refractivity contribution in [3.63, 3.8) is 0 Å². The minimum atomic E-state index is -0.554. The fourth-order valence-corrected chi connectivity index (χ4v) is 3.53. The molecular formula is C23H28ClF2N3O. The van der Waals surface area contributed by atoms with Gasteiger partial charge in [-0.05, 0) is 46.2 Å². The smallest absolute Gasteiger partial charge is 0.142 e. The molecule has 1 aliphatic heterocycles. The van der Waals surface area contributed by atoms with Gasteiger partial charge in [0.05, 0.1) is 11.7 Å². The number of hydrogen-bond acceptors (Lipinski definition) is 4. The number of nitrogens with zero attached hydrogens (tertiary/aromatic N) is 1. The van der Waals surface area contributed by atoms with Crippen LogP contribution >= 0.6 is 11.6 Å². The average Bonchev–Trinajstić information content (AvgIpc) is 3.11. The van der Waals surface area contributed by atoms with E-state index >= 15 is 0 Å². The molecule has 0 amide bonds.